The number of halogens is 6. The van der Waals surface area contributed by atoms with Crippen molar-refractivity contribution in [3.05, 3.63) is 47.1 Å². The molecule has 0 unspecified atom stereocenters. The third kappa shape index (κ3) is 10.5. The number of esters is 1. The van der Waals surface area contributed by atoms with Crippen LogP contribution in [0.5, 0.6) is 0 Å². The molecule has 0 aliphatic rings. The third-order valence-electron chi connectivity index (χ3n) is 2.77. The molecule has 0 aliphatic heterocycles. The van der Waals surface area contributed by atoms with E-state index in [2.05, 4.69) is 11.3 Å². The van der Waals surface area contributed by atoms with Gasteiger partial charge in [-0.05, 0) is 6.42 Å². The first-order valence-electron chi connectivity index (χ1n) is 7.69. The minimum atomic E-state index is -6.72. The first-order chi connectivity index (χ1) is 13.9. The molecule has 0 spiro atoms. The molecule has 0 amide bonds. The molecule has 0 aliphatic carbocycles. The lowest BCUT2D eigenvalue weighted by molar-refractivity contribution is -0.880. The number of carbonyl (C=O) groups is 1. The van der Waals surface area contributed by atoms with Gasteiger partial charge in [0.25, 0.3) is 0 Å². The van der Waals surface area contributed by atoms with E-state index >= 15 is 0 Å². The van der Waals surface area contributed by atoms with Gasteiger partial charge in [0.1, 0.15) is 0 Å². The highest BCUT2D eigenvalue weighted by molar-refractivity contribution is 8.13. The number of hydrogen-bond acceptors (Lipinski definition) is 7. The van der Waals surface area contributed by atoms with Gasteiger partial charge in [-0.25, -0.2) is 21.7 Å². The second-order valence-electron chi connectivity index (χ2n) is 5.21. The van der Waals surface area contributed by atoms with Crippen LogP contribution >= 0.6 is 0 Å². The molecule has 31 heavy (non-hydrogen) atoms. The van der Waals surface area contributed by atoms with E-state index < -0.39 is 31.1 Å². The maximum atomic E-state index is 11.4. The van der Waals surface area contributed by atoms with Crippen molar-refractivity contribution in [3.8, 4) is 0 Å². The number of rotatable bonds is 8. The first-order valence-corrected chi connectivity index (χ1v) is 10.6. The largest absolute Gasteiger partial charge is 0.480 e. The van der Waals surface area contributed by atoms with Crippen LogP contribution in [0.3, 0.4) is 0 Å². The predicted molar refractivity (Wildman–Crippen MR) is 91.5 cm³/mol. The van der Waals surface area contributed by atoms with Crippen molar-refractivity contribution in [2.45, 2.75) is 30.3 Å². The minimum Gasteiger partial charge on any atom is -0.469 e. The Labute approximate surface area is 173 Å². The summed E-state index contributed by atoms with van der Waals surface area (Å²) < 4.78 is 115. The zero-order valence-electron chi connectivity index (χ0n) is 15.6. The summed E-state index contributed by atoms with van der Waals surface area (Å²) in [5.74, 6) is 0.417. The summed E-state index contributed by atoms with van der Waals surface area (Å²) in [5, 5.41) is 0. The molecule has 178 valence electrons. The molecule has 0 atom stereocenters. The number of aromatic nitrogens is 1. The number of sulfonamides is 2. The summed E-state index contributed by atoms with van der Waals surface area (Å²) in [6, 6.07) is 5.63. The highest BCUT2D eigenvalue weighted by atomic mass is 32.3. The van der Waals surface area contributed by atoms with Crippen molar-refractivity contribution in [2.75, 3.05) is 7.11 Å². The summed E-state index contributed by atoms with van der Waals surface area (Å²) in [5.41, 5.74) is -12.4. The normalized spacial score (nSPS) is 12.4. The second-order valence-corrected chi connectivity index (χ2v) is 8.63. The van der Waals surface area contributed by atoms with Gasteiger partial charge in [0.15, 0.2) is 25.8 Å². The van der Waals surface area contributed by atoms with Gasteiger partial charge < -0.3 is 8.86 Å². The second kappa shape index (κ2) is 11.3. The Morgan fingerprint density at radius 2 is 1.39 bits per heavy atom. The average Bonchev–Trinajstić information content (AvgIpc) is 2.60. The van der Waals surface area contributed by atoms with E-state index in [0.717, 1.165) is 4.13 Å². The van der Waals surface area contributed by atoms with E-state index in [1.165, 1.54) is 7.11 Å². The van der Waals surface area contributed by atoms with Crippen LogP contribution in [-0.4, -0.2) is 40.9 Å². The molecule has 0 N–H and O–H groups in total. The molecule has 0 fully saturated rings. The number of alkyl halides is 6. The summed E-state index contributed by atoms with van der Waals surface area (Å²) in [7, 11) is -12.1. The third-order valence-corrected chi connectivity index (χ3v) is 5.51. The number of carbonyl (C=O) groups excluding carboxylic acids is 1. The van der Waals surface area contributed by atoms with E-state index in [1.54, 1.807) is 17.1 Å². The quantitative estimate of drug-likeness (QED) is 0.231. The minimum absolute atomic E-state index is 0.208. The van der Waals surface area contributed by atoms with Crippen molar-refractivity contribution in [2.24, 2.45) is 0 Å². The summed E-state index contributed by atoms with van der Waals surface area (Å²) in [4.78, 5) is 16.3. The molecule has 17 heteroatoms. The average molecular weight is 502 g/mol. The predicted octanol–water partition coefficient (Wildman–Crippen LogP) is 2.32. The van der Waals surface area contributed by atoms with Gasteiger partial charge in [0.05, 0.1) is 7.11 Å². The lowest BCUT2D eigenvalue weighted by Crippen LogP contribution is -2.40. The van der Waals surface area contributed by atoms with E-state index in [1.807, 2.05) is 18.2 Å². The number of hydrogen-bond donors (Lipinski definition) is 0. The van der Waals surface area contributed by atoms with Crippen LogP contribution in [0.4, 0.5) is 26.3 Å². The van der Waals surface area contributed by atoms with E-state index in [4.69, 9.17) is 4.84 Å². The van der Waals surface area contributed by atoms with Gasteiger partial charge in [0.2, 0.25) is 12.4 Å². The number of allylic oxidation sites excluding steroid dienone is 1. The Morgan fingerprint density at radius 3 is 1.77 bits per heavy atom. The topological polar surface area (TPSA) is 122 Å². The monoisotopic (exact) mass is 502 g/mol. The molecule has 0 saturated heterocycles. The van der Waals surface area contributed by atoms with Crippen molar-refractivity contribution >= 4 is 26.0 Å². The highest BCUT2D eigenvalue weighted by Gasteiger charge is 2.46. The van der Waals surface area contributed by atoms with Gasteiger partial charge >= 0.3 is 17.0 Å². The summed E-state index contributed by atoms with van der Waals surface area (Å²) in [6.45, 7) is 3.78. The van der Waals surface area contributed by atoms with E-state index in [-0.39, 0.29) is 5.97 Å². The fraction of sp³-hybridized carbons (Fsp3) is 0.429. The van der Waals surface area contributed by atoms with Crippen molar-refractivity contribution in [1.29, 1.82) is 0 Å². The smallest absolute Gasteiger partial charge is 0.469 e. The Kier molecular flexibility index (Phi) is 10.4. The summed E-state index contributed by atoms with van der Waals surface area (Å²) in [6.07, 6.45) is 5.27. The fourth-order valence-electron chi connectivity index (χ4n) is 1.38. The lowest BCUT2D eigenvalue weighted by Gasteiger charge is -2.22. The van der Waals surface area contributed by atoms with Crippen LogP contribution in [0, 0.1) is 0 Å². The molecule has 0 saturated carbocycles. The van der Waals surface area contributed by atoms with Gasteiger partial charge in [0, 0.05) is 29.7 Å². The highest BCUT2D eigenvalue weighted by Crippen LogP contribution is 2.36. The van der Waals surface area contributed by atoms with Gasteiger partial charge in [-0.3, -0.25) is 4.79 Å². The molecule has 1 heterocycles. The van der Waals surface area contributed by atoms with Crippen LogP contribution < -0.4 is 9.57 Å². The molecule has 0 aromatic carbocycles. The van der Waals surface area contributed by atoms with Crippen molar-refractivity contribution in [1.82, 2.24) is 0 Å². The van der Waals surface area contributed by atoms with Crippen molar-refractivity contribution < 1.29 is 62.3 Å². The van der Waals surface area contributed by atoms with E-state index in [9.17, 15) is 48.0 Å². The number of methoxy groups -OCH3 is 1. The van der Waals surface area contributed by atoms with Gasteiger partial charge in [-0.1, -0.05) is 12.6 Å². The molecule has 1 rings (SSSR count). The maximum Gasteiger partial charge on any atom is 0.480 e. The van der Waals surface area contributed by atoms with Gasteiger partial charge in [-0.15, -0.1) is 0 Å². The zero-order chi connectivity index (χ0) is 24.5. The van der Waals surface area contributed by atoms with Crippen LogP contribution in [0.15, 0.2) is 42.9 Å². The van der Waals surface area contributed by atoms with Crippen LogP contribution in [-0.2, 0) is 29.6 Å². The molecular formula is C14H16F6N2O7S2. The standard InChI is InChI=1S/C12H16NO3.C2F6NO4S2/c1-11(7-6-8-12(14)15-2)16-13-9-4-3-5-10-13;3-1(4,5)14(10,11)9-15(12,13)2(6,7)8/h3-5,9-10H,1,6-8H2,2H3;/q+1;-1. The van der Waals surface area contributed by atoms with Crippen LogP contribution in [0.1, 0.15) is 19.3 Å². The zero-order valence-corrected chi connectivity index (χ0v) is 17.2. The Balaban J connectivity index is 0.000000582. The molecule has 0 bridgehead atoms. The first kappa shape index (κ1) is 28.6. The van der Waals surface area contributed by atoms with Gasteiger partial charge in [-0.2, -0.15) is 26.3 Å². The molecule has 1 aromatic rings. The Bertz CT molecular complexity index is 904. The number of pyridine rings is 1. The number of ether oxygens (including phenoxy) is 1. The van der Waals surface area contributed by atoms with E-state index in [0.29, 0.717) is 25.0 Å². The van der Waals surface area contributed by atoms with Crippen LogP contribution in [0.25, 0.3) is 4.13 Å². The van der Waals surface area contributed by atoms with Crippen molar-refractivity contribution in [3.63, 3.8) is 0 Å². The Morgan fingerprint density at radius 1 is 0.935 bits per heavy atom. The molecule has 0 radical (unpaired) electrons. The molecular weight excluding hydrogens is 486 g/mol. The summed E-state index contributed by atoms with van der Waals surface area (Å²) >= 11 is 0. The SMILES string of the molecule is C=C(CCCC(=O)OC)O[n+]1ccccc1.O=S(=O)([N-]S(=O)(=O)C(F)(F)F)C(F)(F)F. The Hall–Kier alpha value is -2.40. The maximum absolute atomic E-state index is 11.4. The number of nitrogens with zero attached hydrogens (tertiary/aromatic N) is 2. The lowest BCUT2D eigenvalue weighted by atomic mass is 10.2. The molecule has 1 aromatic heterocycles. The fourth-order valence-corrected chi connectivity index (χ4v) is 3.09. The molecule has 9 nitrogen and oxygen atoms in total. The van der Waals surface area contributed by atoms with Crippen LogP contribution in [0.2, 0.25) is 0 Å².